The summed E-state index contributed by atoms with van der Waals surface area (Å²) in [7, 11) is 0. The minimum Gasteiger partial charge on any atom is -0.457 e. The third kappa shape index (κ3) is 5.17. The van der Waals surface area contributed by atoms with Crippen LogP contribution in [0.2, 0.25) is 0 Å². The van der Waals surface area contributed by atoms with Crippen LogP contribution < -0.4 is 15.4 Å². The summed E-state index contributed by atoms with van der Waals surface area (Å²) < 4.78 is 7.88. The summed E-state index contributed by atoms with van der Waals surface area (Å²) in [5.74, 6) is 1.28. The number of aromatic nitrogens is 3. The molecule has 30 heavy (non-hydrogen) atoms. The molecule has 0 unspecified atom stereocenters. The van der Waals surface area contributed by atoms with Crippen LogP contribution in [0.4, 0.5) is 0 Å². The summed E-state index contributed by atoms with van der Waals surface area (Å²) in [6, 6.07) is 15.9. The molecule has 0 spiro atoms. The SMILES string of the molecule is Cc1ccccc1Oc1ccccc1CNC(=O)c1cn(C2CCNCC2)nn1.Cl. The molecular weight excluding hydrogens is 402 g/mol. The fourth-order valence-electron chi connectivity index (χ4n) is 3.44. The van der Waals surface area contributed by atoms with E-state index in [1.54, 1.807) is 6.20 Å². The summed E-state index contributed by atoms with van der Waals surface area (Å²) >= 11 is 0. The van der Waals surface area contributed by atoms with Crippen LogP contribution in [0.3, 0.4) is 0 Å². The first-order valence-corrected chi connectivity index (χ1v) is 9.93. The number of hydrogen-bond donors (Lipinski definition) is 2. The maximum atomic E-state index is 12.6. The van der Waals surface area contributed by atoms with Crippen molar-refractivity contribution in [1.29, 1.82) is 0 Å². The number of piperidine rings is 1. The van der Waals surface area contributed by atoms with E-state index in [0.29, 0.717) is 18.3 Å². The smallest absolute Gasteiger partial charge is 0.273 e. The molecule has 1 saturated heterocycles. The van der Waals surface area contributed by atoms with Crippen molar-refractivity contribution < 1.29 is 9.53 Å². The Morgan fingerprint density at radius 3 is 2.60 bits per heavy atom. The lowest BCUT2D eigenvalue weighted by Crippen LogP contribution is -2.29. The number of ether oxygens (including phenoxy) is 1. The zero-order valence-electron chi connectivity index (χ0n) is 16.9. The molecule has 2 N–H and O–H groups in total. The molecular formula is C22H26ClN5O2. The van der Waals surface area contributed by atoms with Crippen LogP contribution in [0, 0.1) is 6.92 Å². The lowest BCUT2D eigenvalue weighted by Gasteiger charge is -2.22. The van der Waals surface area contributed by atoms with Crippen molar-refractivity contribution in [2.75, 3.05) is 13.1 Å². The molecule has 2 aromatic carbocycles. The first-order chi connectivity index (χ1) is 14.2. The molecule has 0 saturated carbocycles. The Balaban J connectivity index is 0.00000256. The molecule has 7 nitrogen and oxygen atoms in total. The van der Waals surface area contributed by atoms with Crippen LogP contribution in [0.15, 0.2) is 54.7 Å². The van der Waals surface area contributed by atoms with Gasteiger partial charge in [-0.2, -0.15) is 0 Å². The molecule has 3 aromatic rings. The second-order valence-corrected chi connectivity index (χ2v) is 7.22. The van der Waals surface area contributed by atoms with Gasteiger partial charge in [-0.15, -0.1) is 17.5 Å². The number of carbonyl (C=O) groups excluding carboxylic acids is 1. The number of nitrogens with one attached hydrogen (secondary N) is 2. The average Bonchev–Trinajstić information content (AvgIpc) is 3.26. The monoisotopic (exact) mass is 427 g/mol. The number of rotatable bonds is 6. The fraction of sp³-hybridized carbons (Fsp3) is 0.318. The van der Waals surface area contributed by atoms with E-state index in [1.165, 1.54) is 0 Å². The van der Waals surface area contributed by atoms with Crippen LogP contribution in [0.5, 0.6) is 11.5 Å². The second kappa shape index (κ2) is 10.2. The maximum absolute atomic E-state index is 12.6. The molecule has 1 fully saturated rings. The second-order valence-electron chi connectivity index (χ2n) is 7.22. The summed E-state index contributed by atoms with van der Waals surface area (Å²) in [5.41, 5.74) is 2.29. The van der Waals surface area contributed by atoms with Gasteiger partial charge in [0.1, 0.15) is 11.5 Å². The molecule has 1 aliphatic heterocycles. The summed E-state index contributed by atoms with van der Waals surface area (Å²) in [4.78, 5) is 12.6. The molecule has 4 rings (SSSR count). The topological polar surface area (TPSA) is 81.1 Å². The average molecular weight is 428 g/mol. The molecule has 0 atom stereocenters. The zero-order chi connectivity index (χ0) is 20.1. The highest BCUT2D eigenvalue weighted by Gasteiger charge is 2.19. The van der Waals surface area contributed by atoms with Gasteiger partial charge in [-0.25, -0.2) is 4.68 Å². The van der Waals surface area contributed by atoms with E-state index in [9.17, 15) is 4.79 Å². The molecule has 0 bridgehead atoms. The lowest BCUT2D eigenvalue weighted by atomic mass is 10.1. The third-order valence-electron chi connectivity index (χ3n) is 5.15. The number of aryl methyl sites for hydroxylation is 1. The van der Waals surface area contributed by atoms with Gasteiger partial charge in [-0.05, 0) is 50.6 Å². The zero-order valence-corrected chi connectivity index (χ0v) is 17.7. The van der Waals surface area contributed by atoms with Crippen LogP contribution in [0.25, 0.3) is 0 Å². The molecule has 158 valence electrons. The predicted molar refractivity (Wildman–Crippen MR) is 117 cm³/mol. The number of benzene rings is 2. The van der Waals surface area contributed by atoms with E-state index in [2.05, 4.69) is 20.9 Å². The van der Waals surface area contributed by atoms with Gasteiger partial charge in [0.2, 0.25) is 0 Å². The Kier molecular flexibility index (Phi) is 7.43. The van der Waals surface area contributed by atoms with E-state index < -0.39 is 0 Å². The molecule has 8 heteroatoms. The molecule has 1 aromatic heterocycles. The van der Waals surface area contributed by atoms with Gasteiger partial charge in [0.25, 0.3) is 5.91 Å². The van der Waals surface area contributed by atoms with Crippen molar-refractivity contribution >= 4 is 18.3 Å². The van der Waals surface area contributed by atoms with Gasteiger partial charge in [-0.3, -0.25) is 4.79 Å². The molecule has 1 aliphatic rings. The largest absolute Gasteiger partial charge is 0.457 e. The van der Waals surface area contributed by atoms with Gasteiger partial charge in [0.15, 0.2) is 5.69 Å². The fourth-order valence-corrected chi connectivity index (χ4v) is 3.44. The van der Waals surface area contributed by atoms with Crippen molar-refractivity contribution in [2.24, 2.45) is 0 Å². The van der Waals surface area contributed by atoms with E-state index in [4.69, 9.17) is 4.74 Å². The Bertz CT molecular complexity index is 985. The van der Waals surface area contributed by atoms with Crippen molar-refractivity contribution in [3.63, 3.8) is 0 Å². The van der Waals surface area contributed by atoms with Crippen LogP contribution in [-0.2, 0) is 6.54 Å². The Morgan fingerprint density at radius 1 is 1.13 bits per heavy atom. The standard InChI is InChI=1S/C22H25N5O2.ClH/c1-16-6-2-4-8-20(16)29-21-9-5-3-7-17(21)14-24-22(28)19-15-27(26-25-19)18-10-12-23-13-11-18;/h2-9,15,18,23H,10-14H2,1H3,(H,24,28);1H. The van der Waals surface area contributed by atoms with Gasteiger partial charge in [-0.1, -0.05) is 41.6 Å². The summed E-state index contributed by atoms with van der Waals surface area (Å²) in [6.07, 6.45) is 3.73. The van der Waals surface area contributed by atoms with E-state index in [1.807, 2.05) is 60.1 Å². The van der Waals surface area contributed by atoms with E-state index >= 15 is 0 Å². The highest BCUT2D eigenvalue weighted by molar-refractivity contribution is 5.91. The summed E-state index contributed by atoms with van der Waals surface area (Å²) in [5, 5.41) is 14.5. The van der Waals surface area contributed by atoms with Gasteiger partial charge in [0.05, 0.1) is 12.2 Å². The van der Waals surface area contributed by atoms with E-state index in [0.717, 1.165) is 48.6 Å². The van der Waals surface area contributed by atoms with Crippen molar-refractivity contribution in [3.05, 3.63) is 71.5 Å². The normalized spacial score (nSPS) is 14.0. The Labute approximate surface area is 182 Å². The van der Waals surface area contributed by atoms with Crippen LogP contribution >= 0.6 is 12.4 Å². The summed E-state index contributed by atoms with van der Waals surface area (Å²) in [6.45, 7) is 4.28. The first kappa shape index (κ1) is 21.8. The van der Waals surface area contributed by atoms with E-state index in [-0.39, 0.29) is 18.3 Å². The van der Waals surface area contributed by atoms with Crippen LogP contribution in [-0.4, -0.2) is 34.0 Å². The minimum absolute atomic E-state index is 0. The third-order valence-corrected chi connectivity index (χ3v) is 5.15. The molecule has 1 amide bonds. The Hall–Kier alpha value is -2.90. The highest BCUT2D eigenvalue weighted by Crippen LogP contribution is 2.27. The number of para-hydroxylation sites is 2. The number of hydrogen-bond acceptors (Lipinski definition) is 5. The number of nitrogens with zero attached hydrogens (tertiary/aromatic N) is 3. The molecule has 2 heterocycles. The van der Waals surface area contributed by atoms with Crippen LogP contribution in [0.1, 0.15) is 40.5 Å². The van der Waals surface area contributed by atoms with Gasteiger partial charge >= 0.3 is 0 Å². The number of carbonyl (C=O) groups is 1. The number of halogens is 1. The predicted octanol–water partition coefficient (Wildman–Crippen LogP) is 3.66. The molecule has 0 aliphatic carbocycles. The lowest BCUT2D eigenvalue weighted by molar-refractivity contribution is 0.0945. The highest BCUT2D eigenvalue weighted by atomic mass is 35.5. The van der Waals surface area contributed by atoms with Crippen molar-refractivity contribution in [3.8, 4) is 11.5 Å². The Morgan fingerprint density at radius 2 is 1.83 bits per heavy atom. The van der Waals surface area contributed by atoms with Gasteiger partial charge < -0.3 is 15.4 Å². The molecule has 0 radical (unpaired) electrons. The van der Waals surface area contributed by atoms with Crippen molar-refractivity contribution in [1.82, 2.24) is 25.6 Å². The minimum atomic E-state index is -0.240. The first-order valence-electron chi connectivity index (χ1n) is 9.93. The maximum Gasteiger partial charge on any atom is 0.273 e. The quantitative estimate of drug-likeness (QED) is 0.627. The van der Waals surface area contributed by atoms with Crippen molar-refractivity contribution in [2.45, 2.75) is 32.4 Å². The van der Waals surface area contributed by atoms with Gasteiger partial charge in [0, 0.05) is 12.1 Å². The number of amides is 1.